The molecule has 0 amide bonds. The number of hydrogen-bond donors (Lipinski definition) is 3. The van der Waals surface area contributed by atoms with Crippen molar-refractivity contribution in [3.8, 4) is 5.75 Å². The number of aliphatic hydroxyl groups excluding tert-OH is 1. The summed E-state index contributed by atoms with van der Waals surface area (Å²) in [5.41, 5.74) is 14.6. The molecule has 1 aromatic carbocycles. The summed E-state index contributed by atoms with van der Waals surface area (Å²) in [5, 5.41) is 10.1. The summed E-state index contributed by atoms with van der Waals surface area (Å²) in [6.45, 7) is 5.96. The van der Waals surface area contributed by atoms with Crippen LogP contribution in [0.1, 0.15) is 31.1 Å². The van der Waals surface area contributed by atoms with Crippen molar-refractivity contribution in [2.24, 2.45) is 5.73 Å². The van der Waals surface area contributed by atoms with Crippen LogP contribution in [0.25, 0.3) is 0 Å². The Hall–Kier alpha value is -2.42. The van der Waals surface area contributed by atoms with Crippen LogP contribution in [0, 0.1) is 0 Å². The van der Waals surface area contributed by atoms with Crippen molar-refractivity contribution in [2.45, 2.75) is 32.2 Å². The molecule has 2 atom stereocenters. The number of nitrogens with two attached hydrogens (primary N) is 2. The Morgan fingerprint density at radius 1 is 1.22 bits per heavy atom. The molecule has 146 valence electrons. The van der Waals surface area contributed by atoms with Crippen LogP contribution >= 0.6 is 0 Å². The van der Waals surface area contributed by atoms with Crippen LogP contribution in [0.3, 0.4) is 0 Å². The van der Waals surface area contributed by atoms with E-state index >= 15 is 0 Å². The Bertz CT molecular complexity index is 785. The van der Waals surface area contributed by atoms with E-state index < -0.39 is 12.3 Å². The molecule has 1 aliphatic heterocycles. The molecule has 2 aromatic rings. The molecule has 1 saturated heterocycles. The van der Waals surface area contributed by atoms with Crippen LogP contribution in [-0.4, -0.2) is 59.0 Å². The molecule has 8 heteroatoms. The Kier molecular flexibility index (Phi) is 5.79. The Balaban J connectivity index is 1.84. The number of rotatable bonds is 5. The SMILES string of the molecule is CC(C)Oc1ccc(N)c(C(N)c2cc(N3CCN(C)C(O)C3)ncn2)c1. The first-order chi connectivity index (χ1) is 12.8. The van der Waals surface area contributed by atoms with Crippen molar-refractivity contribution < 1.29 is 9.84 Å². The van der Waals surface area contributed by atoms with Gasteiger partial charge in [0, 0.05) is 30.4 Å². The third kappa shape index (κ3) is 4.47. The van der Waals surface area contributed by atoms with Gasteiger partial charge in [0.2, 0.25) is 0 Å². The van der Waals surface area contributed by atoms with Gasteiger partial charge in [-0.2, -0.15) is 0 Å². The maximum absolute atomic E-state index is 10.1. The number of likely N-dealkylation sites (N-methyl/N-ethyl adjacent to an activating group) is 1. The summed E-state index contributed by atoms with van der Waals surface area (Å²) < 4.78 is 5.75. The van der Waals surface area contributed by atoms with Gasteiger partial charge < -0.3 is 26.2 Å². The lowest BCUT2D eigenvalue weighted by Crippen LogP contribution is -2.51. The number of hydrogen-bond acceptors (Lipinski definition) is 8. The lowest BCUT2D eigenvalue weighted by atomic mass is 10.0. The molecule has 0 aliphatic carbocycles. The summed E-state index contributed by atoms with van der Waals surface area (Å²) in [5.74, 6) is 1.47. The quantitative estimate of drug-likeness (QED) is 0.665. The summed E-state index contributed by atoms with van der Waals surface area (Å²) >= 11 is 0. The molecule has 0 bridgehead atoms. The maximum Gasteiger partial charge on any atom is 0.132 e. The topological polar surface area (TPSA) is 114 Å². The summed E-state index contributed by atoms with van der Waals surface area (Å²) in [7, 11) is 1.90. The van der Waals surface area contributed by atoms with E-state index in [1.807, 2.05) is 48.9 Å². The van der Waals surface area contributed by atoms with Gasteiger partial charge in [0.25, 0.3) is 0 Å². The van der Waals surface area contributed by atoms with Crippen LogP contribution in [0.2, 0.25) is 0 Å². The van der Waals surface area contributed by atoms with E-state index in [9.17, 15) is 5.11 Å². The number of aliphatic hydroxyl groups is 1. The molecule has 3 rings (SSSR count). The first-order valence-corrected chi connectivity index (χ1v) is 9.12. The van der Waals surface area contributed by atoms with Crippen molar-refractivity contribution in [2.75, 3.05) is 37.3 Å². The fourth-order valence-electron chi connectivity index (χ4n) is 3.09. The summed E-state index contributed by atoms with van der Waals surface area (Å²) in [4.78, 5) is 12.6. The number of aromatic nitrogens is 2. The Morgan fingerprint density at radius 2 is 2.00 bits per heavy atom. The van der Waals surface area contributed by atoms with Gasteiger partial charge in [0.15, 0.2) is 0 Å². The summed E-state index contributed by atoms with van der Waals surface area (Å²) in [6.07, 6.45) is 1.04. The van der Waals surface area contributed by atoms with E-state index in [1.54, 1.807) is 6.07 Å². The summed E-state index contributed by atoms with van der Waals surface area (Å²) in [6, 6.07) is 6.85. The van der Waals surface area contributed by atoms with Gasteiger partial charge in [-0.05, 0) is 39.1 Å². The van der Waals surface area contributed by atoms with Crippen molar-refractivity contribution in [1.29, 1.82) is 0 Å². The van der Waals surface area contributed by atoms with Crippen molar-refractivity contribution in [1.82, 2.24) is 14.9 Å². The minimum absolute atomic E-state index is 0.0620. The zero-order valence-corrected chi connectivity index (χ0v) is 16.0. The molecule has 1 fully saturated rings. The van der Waals surface area contributed by atoms with Gasteiger partial charge in [-0.1, -0.05) is 0 Å². The zero-order valence-electron chi connectivity index (χ0n) is 16.0. The number of benzene rings is 1. The van der Waals surface area contributed by atoms with E-state index in [1.165, 1.54) is 6.33 Å². The average Bonchev–Trinajstić information content (AvgIpc) is 2.64. The Labute approximate surface area is 159 Å². The number of β-amino-alcohol motifs (C(OH)–C–C–N with tert-alkyl or cyclic N) is 1. The Morgan fingerprint density at radius 3 is 2.70 bits per heavy atom. The predicted molar refractivity (Wildman–Crippen MR) is 106 cm³/mol. The highest BCUT2D eigenvalue weighted by molar-refractivity contribution is 5.54. The third-order valence-corrected chi connectivity index (χ3v) is 4.70. The van der Waals surface area contributed by atoms with Crippen LogP contribution < -0.4 is 21.1 Å². The number of ether oxygens (including phenoxy) is 1. The first-order valence-electron chi connectivity index (χ1n) is 9.12. The van der Waals surface area contributed by atoms with E-state index in [2.05, 4.69) is 9.97 Å². The van der Waals surface area contributed by atoms with Crippen molar-refractivity contribution in [3.05, 3.63) is 41.9 Å². The van der Waals surface area contributed by atoms with E-state index in [4.69, 9.17) is 16.2 Å². The minimum Gasteiger partial charge on any atom is -0.491 e. The normalized spacial score (nSPS) is 19.3. The predicted octanol–water partition coefficient (Wildman–Crippen LogP) is 0.964. The second-order valence-corrected chi connectivity index (χ2v) is 7.14. The second-order valence-electron chi connectivity index (χ2n) is 7.14. The molecule has 8 nitrogen and oxygen atoms in total. The highest BCUT2D eigenvalue weighted by Crippen LogP contribution is 2.29. The van der Waals surface area contributed by atoms with Crippen molar-refractivity contribution in [3.63, 3.8) is 0 Å². The fourth-order valence-corrected chi connectivity index (χ4v) is 3.09. The monoisotopic (exact) mass is 372 g/mol. The van der Waals surface area contributed by atoms with Crippen LogP contribution in [0.5, 0.6) is 5.75 Å². The fraction of sp³-hybridized carbons (Fsp3) is 0.474. The molecule has 27 heavy (non-hydrogen) atoms. The van der Waals surface area contributed by atoms with E-state index in [-0.39, 0.29) is 6.10 Å². The number of nitrogen functional groups attached to an aromatic ring is 1. The lowest BCUT2D eigenvalue weighted by Gasteiger charge is -2.37. The molecule has 1 aliphatic rings. The largest absolute Gasteiger partial charge is 0.491 e. The van der Waals surface area contributed by atoms with E-state index in [0.717, 1.165) is 30.2 Å². The van der Waals surface area contributed by atoms with E-state index in [0.29, 0.717) is 17.9 Å². The molecule has 0 saturated carbocycles. The lowest BCUT2D eigenvalue weighted by molar-refractivity contribution is 0.0151. The van der Waals surface area contributed by atoms with Gasteiger partial charge in [-0.3, -0.25) is 4.90 Å². The number of anilines is 2. The van der Waals surface area contributed by atoms with Gasteiger partial charge >= 0.3 is 0 Å². The van der Waals surface area contributed by atoms with Gasteiger partial charge in [0.05, 0.1) is 24.4 Å². The van der Waals surface area contributed by atoms with Crippen molar-refractivity contribution >= 4 is 11.5 Å². The molecule has 0 radical (unpaired) electrons. The second kappa shape index (κ2) is 8.08. The smallest absolute Gasteiger partial charge is 0.132 e. The molecular formula is C19H28N6O2. The third-order valence-electron chi connectivity index (χ3n) is 4.70. The average molecular weight is 372 g/mol. The first kappa shape index (κ1) is 19.3. The molecule has 1 aromatic heterocycles. The molecule has 2 heterocycles. The van der Waals surface area contributed by atoms with Crippen LogP contribution in [-0.2, 0) is 0 Å². The van der Waals surface area contributed by atoms with Crippen LogP contribution in [0.15, 0.2) is 30.6 Å². The maximum atomic E-state index is 10.1. The number of piperazine rings is 1. The molecule has 0 spiro atoms. The highest BCUT2D eigenvalue weighted by Gasteiger charge is 2.24. The van der Waals surface area contributed by atoms with Gasteiger partial charge in [0.1, 0.15) is 24.1 Å². The zero-order chi connectivity index (χ0) is 19.6. The van der Waals surface area contributed by atoms with Gasteiger partial charge in [-0.15, -0.1) is 0 Å². The number of nitrogens with zero attached hydrogens (tertiary/aromatic N) is 4. The molecular weight excluding hydrogens is 344 g/mol. The van der Waals surface area contributed by atoms with Crippen LogP contribution in [0.4, 0.5) is 11.5 Å². The standard InChI is InChI=1S/C19H28N6O2/c1-12(2)27-13-4-5-15(20)14(8-13)19(21)16-9-17(23-11-22-16)25-7-6-24(3)18(26)10-25/h4-5,8-9,11-12,18-19,26H,6-7,10,20-21H2,1-3H3. The molecule has 5 N–H and O–H groups in total. The van der Waals surface area contributed by atoms with Gasteiger partial charge in [-0.25, -0.2) is 9.97 Å². The minimum atomic E-state index is -0.522. The highest BCUT2D eigenvalue weighted by atomic mass is 16.5. The molecule has 2 unspecified atom stereocenters.